The Balaban J connectivity index is 1.88. The molecule has 2 aromatic rings. The van der Waals surface area contributed by atoms with Crippen molar-refractivity contribution in [3.8, 4) is 0 Å². The van der Waals surface area contributed by atoms with Crippen molar-refractivity contribution in [3.05, 3.63) is 68.8 Å². The average Bonchev–Trinajstić information content (AvgIpc) is 2.84. The first-order chi connectivity index (χ1) is 11.1. The highest BCUT2D eigenvalue weighted by Crippen LogP contribution is 2.22. The van der Waals surface area contributed by atoms with E-state index < -0.39 is 0 Å². The molecule has 1 aliphatic rings. The summed E-state index contributed by atoms with van der Waals surface area (Å²) in [6, 6.07) is 15.2. The number of nitrogens with one attached hydrogen (secondary N) is 1. The van der Waals surface area contributed by atoms with E-state index in [2.05, 4.69) is 34.9 Å². The predicted octanol–water partition coefficient (Wildman–Crippen LogP) is 3.32. The number of benzene rings is 2. The van der Waals surface area contributed by atoms with E-state index in [1.54, 1.807) is 18.2 Å². The van der Waals surface area contributed by atoms with Crippen LogP contribution < -0.4 is 10.4 Å². The molecule has 1 N–H and O–H groups in total. The third-order valence-electron chi connectivity index (χ3n) is 3.68. The summed E-state index contributed by atoms with van der Waals surface area (Å²) in [7, 11) is 0. The summed E-state index contributed by atoms with van der Waals surface area (Å²) in [6.45, 7) is 2.08. The number of carbonyl (C=O) groups excluding carboxylic acids is 2. The number of anilines is 1. The summed E-state index contributed by atoms with van der Waals surface area (Å²) in [4.78, 5) is 24.6. The van der Waals surface area contributed by atoms with Gasteiger partial charge in [0.05, 0.1) is 5.69 Å². The lowest BCUT2D eigenvalue weighted by molar-refractivity contribution is -0.117. The van der Waals surface area contributed by atoms with Crippen LogP contribution in [0.2, 0.25) is 0 Å². The molecule has 5 heteroatoms. The molecule has 0 bridgehead atoms. The molecule has 0 unspecified atom stereocenters. The van der Waals surface area contributed by atoms with E-state index in [9.17, 15) is 9.59 Å². The van der Waals surface area contributed by atoms with E-state index >= 15 is 0 Å². The smallest absolute Gasteiger partial charge is 0.267 e. The molecule has 1 fully saturated rings. The lowest BCUT2D eigenvalue weighted by Gasteiger charge is -2.14. The Morgan fingerprint density at radius 3 is 2.30 bits per heavy atom. The van der Waals surface area contributed by atoms with Crippen LogP contribution in [0.25, 0.3) is 6.08 Å². The number of nitrogens with zero attached hydrogens (tertiary/aromatic N) is 1. The number of hydrogen-bond acceptors (Lipinski definition) is 2. The van der Waals surface area contributed by atoms with Crippen LogP contribution >= 0.6 is 22.6 Å². The van der Waals surface area contributed by atoms with Gasteiger partial charge in [-0.2, -0.15) is 0 Å². The molecule has 0 saturated carbocycles. The standard InChI is InChI=1S/C18H15IN2O2/c1-2-12-3-5-13(6-4-12)11-16-17(22)20-21(18(16)23)15-9-7-14(19)8-10-15/h3-11H,2H2,1H3,(H,20,22)/b16-11+. The molecule has 23 heavy (non-hydrogen) atoms. The van der Waals surface area contributed by atoms with Gasteiger partial charge in [-0.3, -0.25) is 15.0 Å². The van der Waals surface area contributed by atoms with Crippen LogP contribution in [0.3, 0.4) is 0 Å². The van der Waals surface area contributed by atoms with Crippen LogP contribution in [0.4, 0.5) is 5.69 Å². The minimum absolute atomic E-state index is 0.146. The fourth-order valence-electron chi connectivity index (χ4n) is 2.35. The van der Waals surface area contributed by atoms with Gasteiger partial charge in [0.25, 0.3) is 11.8 Å². The molecule has 1 aliphatic heterocycles. The maximum absolute atomic E-state index is 12.5. The predicted molar refractivity (Wildman–Crippen MR) is 98.6 cm³/mol. The topological polar surface area (TPSA) is 49.4 Å². The number of amides is 2. The Kier molecular flexibility index (Phi) is 4.47. The zero-order valence-electron chi connectivity index (χ0n) is 12.5. The van der Waals surface area contributed by atoms with Crippen LogP contribution in [0.1, 0.15) is 18.1 Å². The van der Waals surface area contributed by atoms with E-state index in [4.69, 9.17) is 0 Å². The van der Waals surface area contributed by atoms with Crippen LogP contribution in [0.15, 0.2) is 54.1 Å². The van der Waals surface area contributed by atoms with Crippen LogP contribution in [0.5, 0.6) is 0 Å². The van der Waals surface area contributed by atoms with Crippen molar-refractivity contribution in [3.63, 3.8) is 0 Å². The van der Waals surface area contributed by atoms with Crippen molar-refractivity contribution < 1.29 is 9.59 Å². The molecule has 4 nitrogen and oxygen atoms in total. The number of halogens is 1. The molecular formula is C18H15IN2O2. The summed E-state index contributed by atoms with van der Waals surface area (Å²) >= 11 is 2.19. The second kappa shape index (κ2) is 6.54. The van der Waals surface area contributed by atoms with Gasteiger partial charge in [0.2, 0.25) is 0 Å². The Labute approximate surface area is 148 Å². The molecule has 0 aromatic heterocycles. The van der Waals surface area contributed by atoms with E-state index in [0.29, 0.717) is 5.69 Å². The Morgan fingerprint density at radius 1 is 1.04 bits per heavy atom. The first-order valence-electron chi connectivity index (χ1n) is 7.30. The largest absolute Gasteiger partial charge is 0.282 e. The molecule has 2 aromatic carbocycles. The second-order valence-corrected chi connectivity index (χ2v) is 6.46. The highest BCUT2D eigenvalue weighted by atomic mass is 127. The van der Waals surface area contributed by atoms with Crippen molar-refractivity contribution in [2.75, 3.05) is 5.01 Å². The Bertz CT molecular complexity index is 780. The van der Waals surface area contributed by atoms with Gasteiger partial charge in [0.15, 0.2) is 0 Å². The normalized spacial score (nSPS) is 16.1. The zero-order chi connectivity index (χ0) is 16.4. The van der Waals surface area contributed by atoms with Crippen molar-refractivity contribution in [1.29, 1.82) is 0 Å². The van der Waals surface area contributed by atoms with E-state index in [1.807, 2.05) is 36.4 Å². The second-order valence-electron chi connectivity index (χ2n) is 5.21. The number of carbonyl (C=O) groups is 2. The average molecular weight is 418 g/mol. The molecule has 0 radical (unpaired) electrons. The number of hydrazine groups is 1. The first-order valence-corrected chi connectivity index (χ1v) is 8.38. The fourth-order valence-corrected chi connectivity index (χ4v) is 2.71. The fraction of sp³-hybridized carbons (Fsp3) is 0.111. The highest BCUT2D eigenvalue weighted by Gasteiger charge is 2.34. The third kappa shape index (κ3) is 3.29. The molecule has 0 atom stereocenters. The maximum Gasteiger partial charge on any atom is 0.282 e. The van der Waals surface area contributed by atoms with E-state index in [-0.39, 0.29) is 17.4 Å². The van der Waals surface area contributed by atoms with Crippen LogP contribution in [-0.2, 0) is 16.0 Å². The molecule has 1 saturated heterocycles. The summed E-state index contributed by atoms with van der Waals surface area (Å²) in [5.74, 6) is -0.719. The SMILES string of the molecule is CCc1ccc(/C=C2\C(=O)NN(c3ccc(I)cc3)C2=O)cc1. The minimum Gasteiger partial charge on any atom is -0.267 e. The van der Waals surface area contributed by atoms with Crippen molar-refractivity contribution in [2.45, 2.75) is 13.3 Å². The summed E-state index contributed by atoms with van der Waals surface area (Å²) in [6.07, 6.45) is 2.58. The van der Waals surface area contributed by atoms with E-state index in [1.165, 1.54) is 10.6 Å². The lowest BCUT2D eigenvalue weighted by atomic mass is 10.1. The third-order valence-corrected chi connectivity index (χ3v) is 4.39. The quantitative estimate of drug-likeness (QED) is 0.473. The zero-order valence-corrected chi connectivity index (χ0v) is 14.7. The van der Waals surface area contributed by atoms with Gasteiger partial charge in [-0.25, -0.2) is 5.01 Å². The van der Waals surface area contributed by atoms with Gasteiger partial charge in [-0.1, -0.05) is 31.2 Å². The molecular weight excluding hydrogens is 403 g/mol. The maximum atomic E-state index is 12.5. The van der Waals surface area contributed by atoms with E-state index in [0.717, 1.165) is 15.6 Å². The van der Waals surface area contributed by atoms with Crippen molar-refractivity contribution >= 4 is 46.2 Å². The molecule has 116 valence electrons. The summed E-state index contributed by atoms with van der Waals surface area (Å²) in [5, 5.41) is 1.28. The number of rotatable bonds is 3. The number of hydrogen-bond donors (Lipinski definition) is 1. The molecule has 3 rings (SSSR count). The van der Waals surface area contributed by atoms with Gasteiger partial charge in [0.1, 0.15) is 5.57 Å². The molecule has 2 amide bonds. The van der Waals surface area contributed by atoms with Crippen molar-refractivity contribution in [1.82, 2.24) is 5.43 Å². The first kappa shape index (κ1) is 15.7. The molecule has 0 spiro atoms. The number of aryl methyl sites for hydroxylation is 1. The van der Waals surface area contributed by atoms with Gasteiger partial charge in [-0.05, 0) is 70.5 Å². The highest BCUT2D eigenvalue weighted by molar-refractivity contribution is 14.1. The summed E-state index contributed by atoms with van der Waals surface area (Å²) < 4.78 is 1.07. The molecule has 0 aliphatic carbocycles. The Hall–Kier alpha value is -2.15. The van der Waals surface area contributed by atoms with Gasteiger partial charge >= 0.3 is 0 Å². The summed E-state index contributed by atoms with van der Waals surface area (Å²) in [5.41, 5.74) is 5.45. The van der Waals surface area contributed by atoms with Gasteiger partial charge < -0.3 is 0 Å². The minimum atomic E-state index is -0.381. The Morgan fingerprint density at radius 2 is 1.70 bits per heavy atom. The van der Waals surface area contributed by atoms with Crippen LogP contribution in [0, 0.1) is 3.57 Å². The van der Waals surface area contributed by atoms with Gasteiger partial charge in [-0.15, -0.1) is 0 Å². The van der Waals surface area contributed by atoms with Gasteiger partial charge in [0, 0.05) is 3.57 Å². The van der Waals surface area contributed by atoms with Crippen LogP contribution in [-0.4, -0.2) is 11.8 Å². The lowest BCUT2D eigenvalue weighted by Crippen LogP contribution is -2.35. The monoisotopic (exact) mass is 418 g/mol. The molecule has 1 heterocycles. The van der Waals surface area contributed by atoms with Crippen molar-refractivity contribution in [2.24, 2.45) is 0 Å².